The third-order valence-electron chi connectivity index (χ3n) is 5.83. The number of carbonyl (C=O) groups excluding carboxylic acids is 1. The van der Waals surface area contributed by atoms with Gasteiger partial charge in [-0.1, -0.05) is 0 Å². The number of nitrogens with zero attached hydrogens (tertiary/aromatic N) is 4. The van der Waals surface area contributed by atoms with Crippen LogP contribution in [0.25, 0.3) is 0 Å². The number of aromatic nitrogens is 2. The van der Waals surface area contributed by atoms with Crippen molar-refractivity contribution in [1.82, 2.24) is 19.6 Å². The van der Waals surface area contributed by atoms with Crippen LogP contribution in [0.1, 0.15) is 42.6 Å². The van der Waals surface area contributed by atoms with Crippen LogP contribution in [0.2, 0.25) is 0 Å². The largest absolute Gasteiger partial charge is 0.391 e. The molecule has 3 rings (SSSR count). The van der Waals surface area contributed by atoms with E-state index in [4.69, 9.17) is 0 Å². The van der Waals surface area contributed by atoms with E-state index < -0.39 is 0 Å². The Morgan fingerprint density at radius 3 is 2.46 bits per heavy atom. The molecule has 0 spiro atoms. The van der Waals surface area contributed by atoms with Crippen LogP contribution >= 0.6 is 0 Å². The highest BCUT2D eigenvalue weighted by Crippen LogP contribution is 2.25. The van der Waals surface area contributed by atoms with Crippen molar-refractivity contribution >= 4 is 5.91 Å². The number of aliphatic hydroxyl groups is 1. The number of aryl methyl sites for hydroxylation is 2. The van der Waals surface area contributed by atoms with Crippen molar-refractivity contribution in [2.75, 3.05) is 26.2 Å². The predicted octanol–water partition coefficient (Wildman–Crippen LogP) is 1.03. The lowest BCUT2D eigenvalue weighted by molar-refractivity contribution is -0.133. The molecule has 6 heteroatoms. The lowest BCUT2D eigenvalue weighted by Gasteiger charge is -2.39. The molecule has 6 nitrogen and oxygen atoms in total. The summed E-state index contributed by atoms with van der Waals surface area (Å²) >= 11 is 0. The van der Waals surface area contributed by atoms with E-state index in [1.54, 1.807) is 0 Å². The van der Waals surface area contributed by atoms with E-state index in [1.807, 2.05) is 23.6 Å². The summed E-state index contributed by atoms with van der Waals surface area (Å²) in [5.41, 5.74) is 3.39. The Bertz CT molecular complexity index is 590. The van der Waals surface area contributed by atoms with Gasteiger partial charge in [-0.25, -0.2) is 0 Å². The SMILES string of the molecule is Cc1nn(C)c(C)c1CCC(=O)N1CCN([C@@H]2CCC[C@@H]2O)CC1. The van der Waals surface area contributed by atoms with E-state index in [9.17, 15) is 9.90 Å². The Morgan fingerprint density at radius 1 is 1.21 bits per heavy atom. The number of hydrogen-bond donors (Lipinski definition) is 1. The summed E-state index contributed by atoms with van der Waals surface area (Å²) in [5, 5.41) is 14.5. The second-order valence-electron chi connectivity index (χ2n) is 7.26. The zero-order valence-electron chi connectivity index (χ0n) is 15.2. The first-order valence-corrected chi connectivity index (χ1v) is 9.16. The molecule has 2 atom stereocenters. The summed E-state index contributed by atoms with van der Waals surface area (Å²) < 4.78 is 1.89. The van der Waals surface area contributed by atoms with E-state index in [0.29, 0.717) is 12.5 Å². The molecular weight excluding hydrogens is 304 g/mol. The summed E-state index contributed by atoms with van der Waals surface area (Å²) in [5.74, 6) is 0.240. The molecule has 24 heavy (non-hydrogen) atoms. The molecular formula is C18H30N4O2. The fourth-order valence-electron chi connectivity index (χ4n) is 4.22. The van der Waals surface area contributed by atoms with Crippen LogP contribution < -0.4 is 0 Å². The van der Waals surface area contributed by atoms with Gasteiger partial charge in [-0.3, -0.25) is 14.4 Å². The van der Waals surface area contributed by atoms with Gasteiger partial charge >= 0.3 is 0 Å². The molecule has 0 aromatic carbocycles. The maximum absolute atomic E-state index is 12.5. The molecule has 1 aliphatic carbocycles. The molecule has 1 aromatic rings. The normalized spacial score (nSPS) is 25.4. The minimum Gasteiger partial charge on any atom is -0.391 e. The first-order valence-electron chi connectivity index (χ1n) is 9.16. The topological polar surface area (TPSA) is 61.6 Å². The maximum Gasteiger partial charge on any atom is 0.222 e. The first kappa shape index (κ1) is 17.4. The van der Waals surface area contributed by atoms with Crippen LogP contribution in [0, 0.1) is 13.8 Å². The van der Waals surface area contributed by atoms with E-state index in [0.717, 1.165) is 63.3 Å². The Kier molecular flexibility index (Phi) is 5.25. The minimum atomic E-state index is -0.177. The van der Waals surface area contributed by atoms with Crippen molar-refractivity contribution in [1.29, 1.82) is 0 Å². The number of amides is 1. The van der Waals surface area contributed by atoms with Crippen molar-refractivity contribution in [2.24, 2.45) is 7.05 Å². The standard InChI is InChI=1S/C18H30N4O2/c1-13-15(14(2)20(3)19-13)7-8-18(24)22-11-9-21(10-12-22)16-5-4-6-17(16)23/h16-17,23H,4-12H2,1-3H3/t16-,17+/m1/s1. The quantitative estimate of drug-likeness (QED) is 0.893. The average Bonchev–Trinajstić information content (AvgIpc) is 3.10. The lowest BCUT2D eigenvalue weighted by atomic mass is 10.1. The fraction of sp³-hybridized carbons (Fsp3) is 0.778. The van der Waals surface area contributed by atoms with Crippen molar-refractivity contribution in [2.45, 2.75) is 58.1 Å². The second kappa shape index (κ2) is 7.23. The first-order chi connectivity index (χ1) is 11.5. The predicted molar refractivity (Wildman–Crippen MR) is 92.8 cm³/mol. The monoisotopic (exact) mass is 334 g/mol. The molecule has 1 saturated carbocycles. The van der Waals surface area contributed by atoms with Gasteiger partial charge in [-0.05, 0) is 45.1 Å². The van der Waals surface area contributed by atoms with Gasteiger partial charge in [0.25, 0.3) is 0 Å². The van der Waals surface area contributed by atoms with Gasteiger partial charge in [0.15, 0.2) is 0 Å². The average molecular weight is 334 g/mol. The Hall–Kier alpha value is -1.40. The molecule has 1 amide bonds. The van der Waals surface area contributed by atoms with Gasteiger partial charge in [0.1, 0.15) is 0 Å². The van der Waals surface area contributed by atoms with Crippen molar-refractivity contribution in [3.63, 3.8) is 0 Å². The smallest absolute Gasteiger partial charge is 0.222 e. The molecule has 1 saturated heterocycles. The summed E-state index contributed by atoms with van der Waals surface area (Å²) in [6, 6.07) is 0.308. The van der Waals surface area contributed by atoms with E-state index in [1.165, 1.54) is 5.56 Å². The van der Waals surface area contributed by atoms with Crippen molar-refractivity contribution < 1.29 is 9.90 Å². The van der Waals surface area contributed by atoms with Gasteiger partial charge in [0.2, 0.25) is 5.91 Å². The fourth-order valence-corrected chi connectivity index (χ4v) is 4.22. The van der Waals surface area contributed by atoms with Crippen LogP contribution in [-0.2, 0) is 18.3 Å². The molecule has 1 aromatic heterocycles. The van der Waals surface area contributed by atoms with E-state index >= 15 is 0 Å². The van der Waals surface area contributed by atoms with Gasteiger partial charge in [-0.15, -0.1) is 0 Å². The lowest BCUT2D eigenvalue weighted by Crippen LogP contribution is -2.53. The van der Waals surface area contributed by atoms with Gasteiger partial charge < -0.3 is 10.0 Å². The Balaban J connectivity index is 1.48. The molecule has 0 radical (unpaired) electrons. The van der Waals surface area contributed by atoms with Gasteiger partial charge in [0, 0.05) is 51.4 Å². The van der Waals surface area contributed by atoms with Crippen LogP contribution in [0.4, 0.5) is 0 Å². The van der Waals surface area contributed by atoms with E-state index in [-0.39, 0.29) is 12.0 Å². The zero-order valence-corrected chi connectivity index (χ0v) is 15.2. The van der Waals surface area contributed by atoms with Crippen LogP contribution in [-0.4, -0.2) is 68.9 Å². The molecule has 2 fully saturated rings. The molecule has 2 aliphatic rings. The van der Waals surface area contributed by atoms with Crippen LogP contribution in [0.3, 0.4) is 0 Å². The summed E-state index contributed by atoms with van der Waals surface area (Å²) in [6.07, 6.45) is 4.28. The number of aliphatic hydroxyl groups excluding tert-OH is 1. The molecule has 1 N–H and O–H groups in total. The number of hydrogen-bond acceptors (Lipinski definition) is 4. The number of piperazine rings is 1. The van der Waals surface area contributed by atoms with Gasteiger partial charge in [-0.2, -0.15) is 5.10 Å². The number of carbonyl (C=O) groups is 1. The molecule has 0 unspecified atom stereocenters. The Morgan fingerprint density at radius 2 is 1.92 bits per heavy atom. The van der Waals surface area contributed by atoms with Crippen molar-refractivity contribution in [3.05, 3.63) is 17.0 Å². The summed E-state index contributed by atoms with van der Waals surface area (Å²) in [7, 11) is 1.95. The molecule has 134 valence electrons. The minimum absolute atomic E-state index is 0.177. The van der Waals surface area contributed by atoms with E-state index in [2.05, 4.69) is 16.9 Å². The third kappa shape index (κ3) is 3.49. The highest BCUT2D eigenvalue weighted by molar-refractivity contribution is 5.76. The van der Waals surface area contributed by atoms with Crippen LogP contribution in [0.15, 0.2) is 0 Å². The van der Waals surface area contributed by atoms with Gasteiger partial charge in [0.05, 0.1) is 11.8 Å². The summed E-state index contributed by atoms with van der Waals surface area (Å²) in [4.78, 5) is 16.9. The highest BCUT2D eigenvalue weighted by atomic mass is 16.3. The van der Waals surface area contributed by atoms with Crippen molar-refractivity contribution in [3.8, 4) is 0 Å². The zero-order chi connectivity index (χ0) is 17.3. The highest BCUT2D eigenvalue weighted by Gasteiger charge is 2.33. The third-order valence-corrected chi connectivity index (χ3v) is 5.83. The molecule has 1 aliphatic heterocycles. The Labute approximate surface area is 144 Å². The summed E-state index contributed by atoms with van der Waals surface area (Å²) in [6.45, 7) is 7.42. The molecule has 2 heterocycles. The maximum atomic E-state index is 12.5. The molecule has 0 bridgehead atoms. The van der Waals surface area contributed by atoms with Crippen LogP contribution in [0.5, 0.6) is 0 Å². The number of rotatable bonds is 4. The second-order valence-corrected chi connectivity index (χ2v) is 7.26.